The Balaban J connectivity index is 2.35. The van der Waals surface area contributed by atoms with Gasteiger partial charge in [-0.15, -0.1) is 11.8 Å². The summed E-state index contributed by atoms with van der Waals surface area (Å²) >= 11 is 1.53. The summed E-state index contributed by atoms with van der Waals surface area (Å²) in [4.78, 5) is 19.8. The first-order valence-electron chi connectivity index (χ1n) is 5.50. The molecule has 1 N–H and O–H groups in total. The van der Waals surface area contributed by atoms with Crippen molar-refractivity contribution in [1.82, 2.24) is 9.97 Å². The second-order valence-electron chi connectivity index (χ2n) is 3.74. The summed E-state index contributed by atoms with van der Waals surface area (Å²) in [7, 11) is 0. The molecule has 0 aliphatic rings. The van der Waals surface area contributed by atoms with Crippen molar-refractivity contribution in [1.29, 1.82) is 0 Å². The highest BCUT2D eigenvalue weighted by molar-refractivity contribution is 7.98. The van der Waals surface area contributed by atoms with Crippen molar-refractivity contribution in [3.8, 4) is 11.8 Å². The van der Waals surface area contributed by atoms with Gasteiger partial charge >= 0.3 is 12.0 Å². The van der Waals surface area contributed by atoms with Gasteiger partial charge in [-0.25, -0.2) is 9.78 Å². The number of aryl methyl sites for hydroxylation is 1. The van der Waals surface area contributed by atoms with Gasteiger partial charge in [0.15, 0.2) is 5.69 Å². The van der Waals surface area contributed by atoms with E-state index in [2.05, 4.69) is 9.97 Å². The van der Waals surface area contributed by atoms with Crippen molar-refractivity contribution in [2.75, 3.05) is 6.26 Å². The number of aromatic nitrogens is 2. The van der Waals surface area contributed by atoms with E-state index in [1.165, 1.54) is 17.8 Å². The third kappa shape index (κ3) is 3.23. The number of nitrogens with zero attached hydrogens (tertiary/aromatic N) is 2. The third-order valence-electron chi connectivity index (χ3n) is 2.32. The Morgan fingerprint density at radius 1 is 1.32 bits per heavy atom. The van der Waals surface area contributed by atoms with Crippen LogP contribution in [0, 0.1) is 6.92 Å². The quantitative estimate of drug-likeness (QED) is 0.865. The zero-order chi connectivity index (χ0) is 13.8. The molecule has 0 aliphatic carbocycles. The predicted molar refractivity (Wildman–Crippen MR) is 72.0 cm³/mol. The number of thioether (sulfide) groups is 1. The molecule has 5 nitrogen and oxygen atoms in total. The number of rotatable bonds is 4. The molecule has 0 unspecified atom stereocenters. The molecule has 2 aromatic rings. The summed E-state index contributed by atoms with van der Waals surface area (Å²) < 4.78 is 5.57. The largest absolute Gasteiger partial charge is 0.477 e. The number of hydrogen-bond acceptors (Lipinski definition) is 5. The summed E-state index contributed by atoms with van der Waals surface area (Å²) in [6.45, 7) is 1.70. The first kappa shape index (κ1) is 13.4. The first-order chi connectivity index (χ1) is 9.10. The van der Waals surface area contributed by atoms with Crippen LogP contribution in [0.3, 0.4) is 0 Å². The minimum atomic E-state index is -1.10. The molecule has 0 fully saturated rings. The average Bonchev–Trinajstić information content (AvgIpc) is 2.38. The van der Waals surface area contributed by atoms with Gasteiger partial charge in [0.25, 0.3) is 0 Å². The Hall–Kier alpha value is -2.08. The number of carboxylic acid groups (broad SMARTS) is 1. The van der Waals surface area contributed by atoms with E-state index in [1.807, 2.05) is 24.5 Å². The number of carbonyl (C=O) groups is 1. The van der Waals surface area contributed by atoms with Crippen LogP contribution in [-0.2, 0) is 0 Å². The van der Waals surface area contributed by atoms with E-state index in [0.29, 0.717) is 11.4 Å². The summed E-state index contributed by atoms with van der Waals surface area (Å²) in [5, 5.41) is 8.95. The highest BCUT2D eigenvalue weighted by Crippen LogP contribution is 2.29. The lowest BCUT2D eigenvalue weighted by molar-refractivity contribution is 0.0689. The molecule has 2 rings (SSSR count). The summed E-state index contributed by atoms with van der Waals surface area (Å²) in [6.07, 6.45) is 1.93. The SMILES string of the molecule is CSc1ccccc1Oc1nc(C)cc(C(=O)O)n1. The van der Waals surface area contributed by atoms with E-state index < -0.39 is 5.97 Å². The van der Waals surface area contributed by atoms with Gasteiger partial charge in [-0.1, -0.05) is 12.1 Å². The molecule has 0 aliphatic heterocycles. The molecule has 1 aromatic heterocycles. The van der Waals surface area contributed by atoms with E-state index in [4.69, 9.17) is 9.84 Å². The third-order valence-corrected chi connectivity index (χ3v) is 3.10. The molecule has 6 heteroatoms. The van der Waals surface area contributed by atoms with Crippen LogP contribution >= 0.6 is 11.8 Å². The maximum atomic E-state index is 10.9. The molecular weight excluding hydrogens is 264 g/mol. The topological polar surface area (TPSA) is 72.3 Å². The van der Waals surface area contributed by atoms with Crippen LogP contribution in [0.1, 0.15) is 16.2 Å². The molecule has 19 heavy (non-hydrogen) atoms. The molecule has 1 heterocycles. The van der Waals surface area contributed by atoms with Gasteiger partial charge in [-0.3, -0.25) is 0 Å². The normalized spacial score (nSPS) is 10.2. The van der Waals surface area contributed by atoms with Crippen LogP contribution in [0.2, 0.25) is 0 Å². The van der Waals surface area contributed by atoms with E-state index in [1.54, 1.807) is 13.0 Å². The van der Waals surface area contributed by atoms with E-state index >= 15 is 0 Å². The molecule has 0 saturated carbocycles. The van der Waals surface area contributed by atoms with Crippen molar-refractivity contribution in [2.24, 2.45) is 0 Å². The van der Waals surface area contributed by atoms with Gasteiger partial charge in [0, 0.05) is 10.6 Å². The second-order valence-corrected chi connectivity index (χ2v) is 4.58. The first-order valence-corrected chi connectivity index (χ1v) is 6.72. The molecule has 98 valence electrons. The van der Waals surface area contributed by atoms with E-state index in [9.17, 15) is 4.79 Å². The molecule has 1 aromatic carbocycles. The van der Waals surface area contributed by atoms with Crippen LogP contribution in [0.25, 0.3) is 0 Å². The van der Waals surface area contributed by atoms with Crippen molar-refractivity contribution in [3.05, 3.63) is 41.7 Å². The fourth-order valence-corrected chi connectivity index (χ4v) is 2.02. The van der Waals surface area contributed by atoms with Gasteiger partial charge in [0.2, 0.25) is 0 Å². The van der Waals surface area contributed by atoms with Gasteiger partial charge in [0.1, 0.15) is 5.75 Å². The Kier molecular flexibility index (Phi) is 4.01. The molecule has 0 bridgehead atoms. The Morgan fingerprint density at radius 3 is 2.74 bits per heavy atom. The van der Waals surface area contributed by atoms with Crippen molar-refractivity contribution in [3.63, 3.8) is 0 Å². The van der Waals surface area contributed by atoms with Gasteiger partial charge in [0.05, 0.1) is 0 Å². The zero-order valence-corrected chi connectivity index (χ0v) is 11.3. The molecule has 0 amide bonds. The second kappa shape index (κ2) is 5.71. The molecular formula is C13H12N2O3S. The van der Waals surface area contributed by atoms with Gasteiger partial charge in [-0.2, -0.15) is 4.98 Å². The fraction of sp³-hybridized carbons (Fsp3) is 0.154. The highest BCUT2D eigenvalue weighted by atomic mass is 32.2. The Morgan fingerprint density at radius 2 is 2.05 bits per heavy atom. The van der Waals surface area contributed by atoms with Crippen LogP contribution in [0.4, 0.5) is 0 Å². The van der Waals surface area contributed by atoms with Crippen molar-refractivity contribution >= 4 is 17.7 Å². The van der Waals surface area contributed by atoms with Crippen molar-refractivity contribution in [2.45, 2.75) is 11.8 Å². The van der Waals surface area contributed by atoms with Gasteiger partial charge in [-0.05, 0) is 31.4 Å². The maximum absolute atomic E-state index is 10.9. The predicted octanol–water partition coefficient (Wildman–Crippen LogP) is 3.00. The van der Waals surface area contributed by atoms with E-state index in [-0.39, 0.29) is 11.7 Å². The zero-order valence-electron chi connectivity index (χ0n) is 10.5. The van der Waals surface area contributed by atoms with Crippen molar-refractivity contribution < 1.29 is 14.6 Å². The maximum Gasteiger partial charge on any atom is 0.354 e. The number of benzene rings is 1. The Labute approximate surface area is 114 Å². The summed E-state index contributed by atoms with van der Waals surface area (Å²) in [5.74, 6) is -0.495. The minimum Gasteiger partial charge on any atom is -0.477 e. The molecule has 0 atom stereocenters. The van der Waals surface area contributed by atoms with Gasteiger partial charge < -0.3 is 9.84 Å². The minimum absolute atomic E-state index is 0.0406. The van der Waals surface area contributed by atoms with Crippen LogP contribution in [0.5, 0.6) is 11.8 Å². The smallest absolute Gasteiger partial charge is 0.354 e. The highest BCUT2D eigenvalue weighted by Gasteiger charge is 2.11. The fourth-order valence-electron chi connectivity index (χ4n) is 1.50. The lowest BCUT2D eigenvalue weighted by atomic mass is 10.3. The average molecular weight is 276 g/mol. The monoisotopic (exact) mass is 276 g/mol. The number of hydrogen-bond donors (Lipinski definition) is 1. The standard InChI is InChI=1S/C13H12N2O3S/c1-8-7-9(12(16)17)15-13(14-8)18-10-5-3-4-6-11(10)19-2/h3-7H,1-2H3,(H,16,17). The molecule has 0 radical (unpaired) electrons. The number of aromatic carboxylic acids is 1. The van der Waals surface area contributed by atoms with E-state index in [0.717, 1.165) is 4.90 Å². The summed E-state index contributed by atoms with van der Waals surface area (Å²) in [6, 6.07) is 8.88. The number of para-hydroxylation sites is 1. The molecule has 0 spiro atoms. The van der Waals surface area contributed by atoms with Crippen LogP contribution in [-0.4, -0.2) is 27.3 Å². The molecule has 0 saturated heterocycles. The van der Waals surface area contributed by atoms with Crippen LogP contribution in [0.15, 0.2) is 35.2 Å². The Bertz CT molecular complexity index is 617. The van der Waals surface area contributed by atoms with Crippen LogP contribution < -0.4 is 4.74 Å². The lowest BCUT2D eigenvalue weighted by Gasteiger charge is -2.08. The number of ether oxygens (including phenoxy) is 1. The summed E-state index contributed by atoms with van der Waals surface area (Å²) in [5.41, 5.74) is 0.466. The number of carboxylic acids is 1. The lowest BCUT2D eigenvalue weighted by Crippen LogP contribution is -2.04.